The topological polar surface area (TPSA) is 69.4 Å². The van der Waals surface area contributed by atoms with Crippen molar-refractivity contribution in [2.45, 2.75) is 19.9 Å². The fourth-order valence-electron chi connectivity index (χ4n) is 1.97. The number of ether oxygens (including phenoxy) is 2. The number of anilines is 2. The van der Waals surface area contributed by atoms with E-state index in [1.807, 2.05) is 30.3 Å². The number of nitrogens with two attached hydrogens (primary N) is 1. The van der Waals surface area contributed by atoms with Gasteiger partial charge in [0.05, 0.1) is 13.7 Å². The zero-order valence-corrected chi connectivity index (χ0v) is 12.4. The summed E-state index contributed by atoms with van der Waals surface area (Å²) in [4.78, 5) is 4.32. The Morgan fingerprint density at radius 3 is 2.86 bits per heavy atom. The number of pyridine rings is 1. The standard InChI is InChI=1S/C16H21N3O2/c1-3-9-21-15-5-4-8-18-16(15)19-11-12-10-13(17)6-7-14(12)20-2/h4-8,10H,3,9,11,17H2,1-2H3,(H,18,19). The maximum atomic E-state index is 5.82. The van der Waals surface area contributed by atoms with Gasteiger partial charge in [-0.05, 0) is 36.8 Å². The molecule has 1 aromatic heterocycles. The van der Waals surface area contributed by atoms with Crippen LogP contribution >= 0.6 is 0 Å². The molecule has 0 saturated carbocycles. The Morgan fingerprint density at radius 2 is 2.10 bits per heavy atom. The number of benzene rings is 1. The zero-order chi connectivity index (χ0) is 15.1. The van der Waals surface area contributed by atoms with Gasteiger partial charge in [-0.25, -0.2) is 4.98 Å². The molecule has 0 aliphatic rings. The molecule has 112 valence electrons. The van der Waals surface area contributed by atoms with Crippen LogP contribution in [0, 0.1) is 0 Å². The van der Waals surface area contributed by atoms with Crippen LogP contribution in [0.2, 0.25) is 0 Å². The van der Waals surface area contributed by atoms with Crippen LogP contribution in [-0.4, -0.2) is 18.7 Å². The highest BCUT2D eigenvalue weighted by Gasteiger charge is 2.07. The Hall–Kier alpha value is -2.43. The molecule has 0 aliphatic carbocycles. The molecule has 0 fully saturated rings. The van der Waals surface area contributed by atoms with E-state index in [0.29, 0.717) is 18.8 Å². The average Bonchev–Trinajstić information content (AvgIpc) is 2.52. The van der Waals surface area contributed by atoms with Crippen LogP contribution in [0.15, 0.2) is 36.5 Å². The van der Waals surface area contributed by atoms with Gasteiger partial charge in [0.25, 0.3) is 0 Å². The summed E-state index contributed by atoms with van der Waals surface area (Å²) in [6.45, 7) is 3.30. The molecule has 0 spiro atoms. The summed E-state index contributed by atoms with van der Waals surface area (Å²) >= 11 is 0. The van der Waals surface area contributed by atoms with Crippen LogP contribution in [-0.2, 0) is 6.54 Å². The average molecular weight is 287 g/mol. The number of nitrogens with zero attached hydrogens (tertiary/aromatic N) is 1. The molecule has 1 aromatic carbocycles. The second-order valence-corrected chi connectivity index (χ2v) is 4.62. The molecule has 0 bridgehead atoms. The third-order valence-corrected chi connectivity index (χ3v) is 2.98. The number of hydrogen-bond donors (Lipinski definition) is 2. The second-order valence-electron chi connectivity index (χ2n) is 4.62. The lowest BCUT2D eigenvalue weighted by molar-refractivity contribution is 0.317. The van der Waals surface area contributed by atoms with E-state index >= 15 is 0 Å². The maximum absolute atomic E-state index is 5.82. The summed E-state index contributed by atoms with van der Waals surface area (Å²) in [5, 5.41) is 3.27. The van der Waals surface area contributed by atoms with Gasteiger partial charge in [-0.1, -0.05) is 6.92 Å². The quantitative estimate of drug-likeness (QED) is 0.766. The zero-order valence-electron chi connectivity index (χ0n) is 12.4. The summed E-state index contributed by atoms with van der Waals surface area (Å²) in [6, 6.07) is 9.33. The van der Waals surface area contributed by atoms with E-state index in [1.54, 1.807) is 13.3 Å². The van der Waals surface area contributed by atoms with Crippen molar-refractivity contribution >= 4 is 11.5 Å². The van der Waals surface area contributed by atoms with Crippen molar-refractivity contribution in [3.05, 3.63) is 42.1 Å². The van der Waals surface area contributed by atoms with E-state index < -0.39 is 0 Å². The molecule has 0 atom stereocenters. The molecule has 3 N–H and O–H groups in total. The first-order valence-electron chi connectivity index (χ1n) is 6.98. The van der Waals surface area contributed by atoms with Crippen molar-refractivity contribution in [1.82, 2.24) is 4.98 Å². The first-order chi connectivity index (χ1) is 10.2. The van der Waals surface area contributed by atoms with E-state index in [4.69, 9.17) is 15.2 Å². The maximum Gasteiger partial charge on any atom is 0.169 e. The van der Waals surface area contributed by atoms with Crippen molar-refractivity contribution in [3.63, 3.8) is 0 Å². The monoisotopic (exact) mass is 287 g/mol. The number of methoxy groups -OCH3 is 1. The molecule has 0 amide bonds. The van der Waals surface area contributed by atoms with Crippen molar-refractivity contribution < 1.29 is 9.47 Å². The lowest BCUT2D eigenvalue weighted by Crippen LogP contribution is -2.06. The lowest BCUT2D eigenvalue weighted by Gasteiger charge is -2.13. The van der Waals surface area contributed by atoms with Gasteiger partial charge in [0, 0.05) is 24.0 Å². The molecule has 2 rings (SSSR count). The van der Waals surface area contributed by atoms with Gasteiger partial charge >= 0.3 is 0 Å². The SMILES string of the molecule is CCCOc1cccnc1NCc1cc(N)ccc1OC. The molecule has 0 unspecified atom stereocenters. The number of rotatable bonds is 7. The Bertz CT molecular complexity index is 587. The van der Waals surface area contributed by atoms with Gasteiger partial charge in [-0.2, -0.15) is 0 Å². The van der Waals surface area contributed by atoms with E-state index in [1.165, 1.54) is 0 Å². The molecule has 5 nitrogen and oxygen atoms in total. The first-order valence-corrected chi connectivity index (χ1v) is 6.98. The predicted molar refractivity (Wildman–Crippen MR) is 84.8 cm³/mol. The van der Waals surface area contributed by atoms with Gasteiger partial charge in [0.1, 0.15) is 5.75 Å². The van der Waals surface area contributed by atoms with Gasteiger partial charge in [0.15, 0.2) is 11.6 Å². The number of aromatic nitrogens is 1. The number of nitrogen functional groups attached to an aromatic ring is 1. The molecule has 2 aromatic rings. The summed E-state index contributed by atoms with van der Waals surface area (Å²) in [6.07, 6.45) is 2.69. The second kappa shape index (κ2) is 7.38. The smallest absolute Gasteiger partial charge is 0.169 e. The first kappa shape index (κ1) is 15.0. The van der Waals surface area contributed by atoms with E-state index in [2.05, 4.69) is 17.2 Å². The third kappa shape index (κ3) is 4.02. The van der Waals surface area contributed by atoms with Crippen LogP contribution < -0.4 is 20.5 Å². The highest BCUT2D eigenvalue weighted by Crippen LogP contribution is 2.25. The minimum absolute atomic E-state index is 0.563. The van der Waals surface area contributed by atoms with Gasteiger partial charge in [-0.3, -0.25) is 0 Å². The summed E-state index contributed by atoms with van der Waals surface area (Å²) in [5.74, 6) is 2.27. The van der Waals surface area contributed by atoms with Crippen molar-refractivity contribution in [3.8, 4) is 11.5 Å². The molecule has 21 heavy (non-hydrogen) atoms. The fourth-order valence-corrected chi connectivity index (χ4v) is 1.97. The summed E-state index contributed by atoms with van der Waals surface area (Å²) in [5.41, 5.74) is 7.50. The number of nitrogens with one attached hydrogen (secondary N) is 1. The van der Waals surface area contributed by atoms with Crippen LogP contribution in [0.1, 0.15) is 18.9 Å². The number of hydrogen-bond acceptors (Lipinski definition) is 5. The van der Waals surface area contributed by atoms with E-state index in [0.717, 1.165) is 29.3 Å². The van der Waals surface area contributed by atoms with Crippen LogP contribution in [0.5, 0.6) is 11.5 Å². The van der Waals surface area contributed by atoms with Crippen LogP contribution in [0.4, 0.5) is 11.5 Å². The van der Waals surface area contributed by atoms with Gasteiger partial charge < -0.3 is 20.5 Å². The van der Waals surface area contributed by atoms with Gasteiger partial charge in [0.2, 0.25) is 0 Å². The molecule has 0 saturated heterocycles. The molecule has 1 heterocycles. The molecule has 5 heteroatoms. The molecule has 0 aliphatic heterocycles. The molecular formula is C16H21N3O2. The highest BCUT2D eigenvalue weighted by atomic mass is 16.5. The largest absolute Gasteiger partial charge is 0.496 e. The summed E-state index contributed by atoms with van der Waals surface area (Å²) < 4.78 is 11.0. The Labute approximate surface area is 125 Å². The van der Waals surface area contributed by atoms with Gasteiger partial charge in [-0.15, -0.1) is 0 Å². The summed E-state index contributed by atoms with van der Waals surface area (Å²) in [7, 11) is 1.64. The Morgan fingerprint density at radius 1 is 1.24 bits per heavy atom. The van der Waals surface area contributed by atoms with E-state index in [9.17, 15) is 0 Å². The van der Waals surface area contributed by atoms with Crippen molar-refractivity contribution in [2.24, 2.45) is 0 Å². The normalized spacial score (nSPS) is 10.2. The van der Waals surface area contributed by atoms with E-state index in [-0.39, 0.29) is 0 Å². The van der Waals surface area contributed by atoms with Crippen molar-refractivity contribution in [1.29, 1.82) is 0 Å². The highest BCUT2D eigenvalue weighted by molar-refractivity contribution is 5.53. The Kier molecular flexibility index (Phi) is 5.26. The Balaban J connectivity index is 2.11. The molecular weight excluding hydrogens is 266 g/mol. The minimum Gasteiger partial charge on any atom is -0.496 e. The minimum atomic E-state index is 0.563. The fraction of sp³-hybridized carbons (Fsp3) is 0.312. The predicted octanol–water partition coefficient (Wildman–Crippen LogP) is 3.07. The van der Waals surface area contributed by atoms with Crippen LogP contribution in [0.3, 0.4) is 0 Å². The molecule has 0 radical (unpaired) electrons. The van der Waals surface area contributed by atoms with Crippen molar-refractivity contribution in [2.75, 3.05) is 24.8 Å². The third-order valence-electron chi connectivity index (χ3n) is 2.98. The van der Waals surface area contributed by atoms with Crippen LogP contribution in [0.25, 0.3) is 0 Å². The lowest BCUT2D eigenvalue weighted by atomic mass is 10.1.